The first-order valence-corrected chi connectivity index (χ1v) is 8.57. The molecule has 0 aromatic rings. The topological polar surface area (TPSA) is 29.3 Å². The molecular weight excluding hydrogens is 232 g/mol. The minimum absolute atomic E-state index is 0.323. The third-order valence-electron chi connectivity index (χ3n) is 5.80. The molecule has 0 radical (unpaired) electrons. The smallest absolute Gasteiger partial charge is 0.0360 e. The molecule has 2 saturated carbocycles. The van der Waals surface area contributed by atoms with Crippen molar-refractivity contribution in [3.63, 3.8) is 0 Å². The fourth-order valence-corrected chi connectivity index (χ4v) is 4.46. The van der Waals surface area contributed by atoms with Gasteiger partial charge >= 0.3 is 0 Å². The highest BCUT2D eigenvalue weighted by Crippen LogP contribution is 2.43. The van der Waals surface area contributed by atoms with E-state index in [0.29, 0.717) is 5.54 Å². The summed E-state index contributed by atoms with van der Waals surface area (Å²) in [5, 5.41) is 0. The molecule has 2 heteroatoms. The maximum absolute atomic E-state index is 6.29. The standard InChI is InChI=1S/C17H34N2/c1-14(2)10-12-19(16-8-4-5-9-16)17(13-18)11-6-7-15(17)3/h14-16H,4-13,18H2,1-3H3. The summed E-state index contributed by atoms with van der Waals surface area (Å²) < 4.78 is 0. The van der Waals surface area contributed by atoms with Gasteiger partial charge in [0.05, 0.1) is 0 Å². The van der Waals surface area contributed by atoms with Crippen LogP contribution in [-0.2, 0) is 0 Å². The second-order valence-corrected chi connectivity index (χ2v) is 7.42. The van der Waals surface area contributed by atoms with Crippen molar-refractivity contribution in [1.82, 2.24) is 4.90 Å². The summed E-state index contributed by atoms with van der Waals surface area (Å²) in [6, 6.07) is 0.822. The van der Waals surface area contributed by atoms with Crippen LogP contribution < -0.4 is 5.73 Å². The minimum atomic E-state index is 0.323. The number of hydrogen-bond acceptors (Lipinski definition) is 2. The van der Waals surface area contributed by atoms with Gasteiger partial charge in [-0.15, -0.1) is 0 Å². The predicted molar refractivity (Wildman–Crippen MR) is 83.2 cm³/mol. The molecule has 0 heterocycles. The van der Waals surface area contributed by atoms with Crippen molar-refractivity contribution in [2.45, 2.75) is 83.7 Å². The Hall–Kier alpha value is -0.0800. The summed E-state index contributed by atoms with van der Waals surface area (Å²) in [7, 11) is 0. The zero-order valence-corrected chi connectivity index (χ0v) is 13.3. The van der Waals surface area contributed by atoms with E-state index in [1.165, 1.54) is 57.9 Å². The van der Waals surface area contributed by atoms with Crippen molar-refractivity contribution in [3.05, 3.63) is 0 Å². The molecule has 0 amide bonds. The van der Waals surface area contributed by atoms with E-state index in [9.17, 15) is 0 Å². The summed E-state index contributed by atoms with van der Waals surface area (Å²) in [4.78, 5) is 2.87. The molecule has 0 spiro atoms. The van der Waals surface area contributed by atoms with Gasteiger partial charge in [-0.3, -0.25) is 4.90 Å². The summed E-state index contributed by atoms with van der Waals surface area (Å²) in [6.45, 7) is 9.27. The molecule has 2 N–H and O–H groups in total. The second-order valence-electron chi connectivity index (χ2n) is 7.42. The quantitative estimate of drug-likeness (QED) is 0.792. The van der Waals surface area contributed by atoms with Crippen LogP contribution in [0.1, 0.15) is 72.1 Å². The number of nitrogens with two attached hydrogens (primary N) is 1. The number of hydrogen-bond donors (Lipinski definition) is 1. The first-order chi connectivity index (χ1) is 9.10. The molecule has 2 unspecified atom stereocenters. The Kier molecular flexibility index (Phi) is 5.30. The van der Waals surface area contributed by atoms with Crippen LogP contribution in [0.15, 0.2) is 0 Å². The van der Waals surface area contributed by atoms with Gasteiger partial charge in [0.1, 0.15) is 0 Å². The Morgan fingerprint density at radius 1 is 1.16 bits per heavy atom. The SMILES string of the molecule is CC(C)CCN(C1CCCC1)C1(CN)CCCC1C. The molecule has 0 bridgehead atoms. The molecule has 0 aromatic carbocycles. The van der Waals surface area contributed by atoms with Crippen LogP contribution in [0.25, 0.3) is 0 Å². The average molecular weight is 266 g/mol. The number of rotatable bonds is 6. The second kappa shape index (κ2) is 6.58. The Bertz CT molecular complexity index is 270. The zero-order chi connectivity index (χ0) is 13.9. The van der Waals surface area contributed by atoms with Crippen molar-refractivity contribution in [3.8, 4) is 0 Å². The van der Waals surface area contributed by atoms with Gasteiger partial charge in [-0.2, -0.15) is 0 Å². The van der Waals surface area contributed by atoms with E-state index in [2.05, 4.69) is 25.7 Å². The monoisotopic (exact) mass is 266 g/mol. The Morgan fingerprint density at radius 2 is 1.84 bits per heavy atom. The molecule has 0 aliphatic heterocycles. The number of nitrogens with zero attached hydrogens (tertiary/aromatic N) is 1. The Labute approximate surface area is 120 Å². The Morgan fingerprint density at radius 3 is 2.32 bits per heavy atom. The molecule has 0 aromatic heterocycles. The highest BCUT2D eigenvalue weighted by Gasteiger charge is 2.46. The van der Waals surface area contributed by atoms with Crippen LogP contribution in [0, 0.1) is 11.8 Å². The average Bonchev–Trinajstić information content (AvgIpc) is 3.00. The fourth-order valence-electron chi connectivity index (χ4n) is 4.46. The van der Waals surface area contributed by atoms with Crippen LogP contribution in [0.3, 0.4) is 0 Å². The van der Waals surface area contributed by atoms with Gasteiger partial charge in [-0.05, 0) is 50.5 Å². The molecule has 2 rings (SSSR count). The summed E-state index contributed by atoms with van der Waals surface area (Å²) in [6.07, 6.45) is 11.1. The maximum Gasteiger partial charge on any atom is 0.0360 e. The van der Waals surface area contributed by atoms with Crippen LogP contribution in [-0.4, -0.2) is 29.6 Å². The van der Waals surface area contributed by atoms with E-state index in [0.717, 1.165) is 24.4 Å². The molecule has 2 atom stereocenters. The third kappa shape index (κ3) is 3.16. The predicted octanol–water partition coefficient (Wildman–Crippen LogP) is 3.79. The lowest BCUT2D eigenvalue weighted by molar-refractivity contribution is 0.0207. The van der Waals surface area contributed by atoms with Crippen molar-refractivity contribution >= 4 is 0 Å². The Balaban J connectivity index is 2.14. The van der Waals surface area contributed by atoms with E-state index < -0.39 is 0 Å². The van der Waals surface area contributed by atoms with Crippen molar-refractivity contribution in [2.75, 3.05) is 13.1 Å². The van der Waals surface area contributed by atoms with Crippen LogP contribution in [0.2, 0.25) is 0 Å². The molecule has 19 heavy (non-hydrogen) atoms. The third-order valence-corrected chi connectivity index (χ3v) is 5.80. The van der Waals surface area contributed by atoms with E-state index in [1.807, 2.05) is 0 Å². The highest BCUT2D eigenvalue weighted by atomic mass is 15.2. The molecule has 112 valence electrons. The minimum Gasteiger partial charge on any atom is -0.329 e. The van der Waals surface area contributed by atoms with Crippen molar-refractivity contribution in [1.29, 1.82) is 0 Å². The summed E-state index contributed by atoms with van der Waals surface area (Å²) >= 11 is 0. The molecule has 2 nitrogen and oxygen atoms in total. The van der Waals surface area contributed by atoms with E-state index >= 15 is 0 Å². The summed E-state index contributed by atoms with van der Waals surface area (Å²) in [5.41, 5.74) is 6.62. The molecule has 0 saturated heterocycles. The zero-order valence-electron chi connectivity index (χ0n) is 13.3. The van der Waals surface area contributed by atoms with Crippen molar-refractivity contribution < 1.29 is 0 Å². The lowest BCUT2D eigenvalue weighted by atomic mass is 9.84. The van der Waals surface area contributed by atoms with Gasteiger partial charge in [0.2, 0.25) is 0 Å². The van der Waals surface area contributed by atoms with Crippen LogP contribution in [0.4, 0.5) is 0 Å². The molecular formula is C17H34N2. The molecule has 2 aliphatic rings. The van der Waals surface area contributed by atoms with Crippen molar-refractivity contribution in [2.24, 2.45) is 17.6 Å². The largest absolute Gasteiger partial charge is 0.329 e. The van der Waals surface area contributed by atoms with Gasteiger partial charge in [0, 0.05) is 18.1 Å². The van der Waals surface area contributed by atoms with Gasteiger partial charge in [-0.25, -0.2) is 0 Å². The molecule has 2 aliphatic carbocycles. The highest BCUT2D eigenvalue weighted by molar-refractivity contribution is 5.02. The fraction of sp³-hybridized carbons (Fsp3) is 1.00. The van der Waals surface area contributed by atoms with E-state index in [-0.39, 0.29) is 0 Å². The lowest BCUT2D eigenvalue weighted by Crippen LogP contribution is -2.59. The maximum atomic E-state index is 6.29. The summed E-state index contributed by atoms with van der Waals surface area (Å²) in [5.74, 6) is 1.58. The normalized spacial score (nSPS) is 32.8. The molecule has 2 fully saturated rings. The van der Waals surface area contributed by atoms with E-state index in [4.69, 9.17) is 5.73 Å². The van der Waals surface area contributed by atoms with Gasteiger partial charge in [-0.1, -0.05) is 40.0 Å². The van der Waals surface area contributed by atoms with E-state index in [1.54, 1.807) is 0 Å². The van der Waals surface area contributed by atoms with Crippen LogP contribution in [0.5, 0.6) is 0 Å². The lowest BCUT2D eigenvalue weighted by Gasteiger charge is -2.48. The van der Waals surface area contributed by atoms with Gasteiger partial charge in [0.25, 0.3) is 0 Å². The van der Waals surface area contributed by atoms with Gasteiger partial charge in [0.15, 0.2) is 0 Å². The first-order valence-electron chi connectivity index (χ1n) is 8.57. The van der Waals surface area contributed by atoms with Crippen LogP contribution >= 0.6 is 0 Å². The first kappa shape index (κ1) is 15.3. The van der Waals surface area contributed by atoms with Gasteiger partial charge < -0.3 is 5.73 Å².